The van der Waals surface area contributed by atoms with Crippen molar-refractivity contribution >= 4 is 52.1 Å². The van der Waals surface area contributed by atoms with Crippen molar-refractivity contribution in [1.29, 1.82) is 0 Å². The lowest BCUT2D eigenvalue weighted by Gasteiger charge is -2.17. The molecule has 1 fully saturated rings. The van der Waals surface area contributed by atoms with Crippen molar-refractivity contribution < 1.29 is 14.0 Å². The Morgan fingerprint density at radius 3 is 2.58 bits per heavy atom. The van der Waals surface area contributed by atoms with E-state index in [1.807, 2.05) is 18.2 Å². The quantitative estimate of drug-likeness (QED) is 0.245. The van der Waals surface area contributed by atoms with Crippen LogP contribution in [0.5, 0.6) is 0 Å². The Kier molecular flexibility index (Phi) is 9.69. The molecule has 2 aromatic rings. The fourth-order valence-electron chi connectivity index (χ4n) is 3.18. The van der Waals surface area contributed by atoms with E-state index in [9.17, 15) is 14.0 Å². The number of nitrogens with one attached hydrogen (secondary N) is 1. The number of likely N-dealkylation sites (tertiary alicyclic amines) is 1. The molecule has 1 aliphatic rings. The van der Waals surface area contributed by atoms with Crippen molar-refractivity contribution in [2.24, 2.45) is 10.7 Å². The number of halogens is 3. The molecule has 0 aliphatic carbocycles. The maximum absolute atomic E-state index is 12.2. The van der Waals surface area contributed by atoms with E-state index in [1.54, 1.807) is 11.8 Å². The van der Waals surface area contributed by atoms with E-state index < -0.39 is 5.91 Å². The molecule has 1 aliphatic heterocycles. The molecule has 1 saturated heterocycles. The summed E-state index contributed by atoms with van der Waals surface area (Å²) in [4.78, 5) is 28.3. The number of anilines is 2. The van der Waals surface area contributed by atoms with Gasteiger partial charge in [0, 0.05) is 41.8 Å². The molecule has 2 amide bonds. The highest BCUT2D eigenvalue weighted by atomic mass is 35.5. The van der Waals surface area contributed by atoms with Crippen LogP contribution in [0.15, 0.2) is 54.0 Å². The Labute approximate surface area is 202 Å². The van der Waals surface area contributed by atoms with Gasteiger partial charge in [-0.05, 0) is 55.8 Å². The summed E-state index contributed by atoms with van der Waals surface area (Å²) in [5.74, 6) is -0.897. The molecule has 33 heavy (non-hydrogen) atoms. The van der Waals surface area contributed by atoms with Crippen molar-refractivity contribution in [3.63, 3.8) is 0 Å². The minimum Gasteiger partial charge on any atom is -0.398 e. The monoisotopic (exact) mass is 493 g/mol. The number of benzene rings is 2. The van der Waals surface area contributed by atoms with Gasteiger partial charge in [0.15, 0.2) is 0 Å². The first-order valence-corrected chi connectivity index (χ1v) is 10.8. The minimum atomic E-state index is -0.480. The van der Waals surface area contributed by atoms with E-state index in [4.69, 9.17) is 34.7 Å². The average Bonchev–Trinajstić information content (AvgIpc) is 3.23. The van der Waals surface area contributed by atoms with Gasteiger partial charge in [0.1, 0.15) is 12.4 Å². The van der Waals surface area contributed by atoms with Crippen molar-refractivity contribution in [2.75, 3.05) is 30.7 Å². The highest BCUT2D eigenvalue weighted by molar-refractivity contribution is 6.41. The first-order valence-electron chi connectivity index (χ1n) is 10.1. The van der Waals surface area contributed by atoms with E-state index in [-0.39, 0.29) is 29.3 Å². The van der Waals surface area contributed by atoms with Gasteiger partial charge in [0.25, 0.3) is 0 Å². The number of nitrogens with zero attached hydrogens (tertiary/aromatic N) is 2. The Balaban J connectivity index is 0.000000357. The number of amides is 2. The molecule has 176 valence electrons. The van der Waals surface area contributed by atoms with Crippen LogP contribution in [0, 0.1) is 5.82 Å². The molecule has 0 radical (unpaired) electrons. The van der Waals surface area contributed by atoms with Crippen LogP contribution >= 0.6 is 23.2 Å². The van der Waals surface area contributed by atoms with Gasteiger partial charge < -0.3 is 21.7 Å². The third-order valence-corrected chi connectivity index (χ3v) is 5.58. The second kappa shape index (κ2) is 12.2. The maximum Gasteiger partial charge on any atom is 0.246 e. The summed E-state index contributed by atoms with van der Waals surface area (Å²) in [6, 6.07) is 9.63. The third kappa shape index (κ3) is 8.07. The van der Waals surface area contributed by atoms with Crippen molar-refractivity contribution in [2.45, 2.75) is 19.4 Å². The maximum atomic E-state index is 12.2. The van der Waals surface area contributed by atoms with E-state index >= 15 is 0 Å². The van der Waals surface area contributed by atoms with Crippen LogP contribution in [0.2, 0.25) is 10.0 Å². The highest BCUT2D eigenvalue weighted by Crippen LogP contribution is 2.22. The zero-order chi connectivity index (χ0) is 24.5. The van der Waals surface area contributed by atoms with E-state index in [0.717, 1.165) is 24.2 Å². The summed E-state index contributed by atoms with van der Waals surface area (Å²) in [6.07, 6.45) is 2.21. The lowest BCUT2D eigenvalue weighted by Crippen LogP contribution is -2.30. The Bertz CT molecular complexity index is 1060. The van der Waals surface area contributed by atoms with Crippen LogP contribution in [-0.4, -0.2) is 48.1 Å². The second-order valence-electron chi connectivity index (χ2n) is 7.35. The number of rotatable bonds is 6. The van der Waals surface area contributed by atoms with Gasteiger partial charge in [-0.3, -0.25) is 14.6 Å². The second-order valence-corrected chi connectivity index (χ2v) is 8.16. The lowest BCUT2D eigenvalue weighted by molar-refractivity contribution is -0.125. The minimum absolute atomic E-state index is 0.0459. The molecule has 0 bridgehead atoms. The Hall–Kier alpha value is -3.10. The standard InChI is InChI=1S/C17H23N5O2.C6H3Cl2F/c1-3-17(24)22-7-6-13(10-22)21-12-4-5-14(15(18)8-12)11(2)20-9-16(19)23;7-5-2-1-4(9)3-6(5)8/h3-5,8,13,21H,1,6-7,9-10,18H2,2H3,(H2,19,23);1-3H. The predicted octanol–water partition coefficient (Wildman–Crippen LogP) is 3.89. The summed E-state index contributed by atoms with van der Waals surface area (Å²) in [5, 5.41) is 4.00. The summed E-state index contributed by atoms with van der Waals surface area (Å²) in [6.45, 7) is 6.61. The van der Waals surface area contributed by atoms with Crippen molar-refractivity contribution in [3.05, 3.63) is 70.5 Å². The molecule has 5 N–H and O–H groups in total. The topological polar surface area (TPSA) is 114 Å². The SMILES string of the molecule is C=CC(=O)N1CCC(Nc2ccc(C(C)=NCC(N)=O)c(N)c2)C1.Fc1ccc(Cl)c(Cl)c1. The fraction of sp³-hybridized carbons (Fsp3) is 0.261. The van der Waals surface area contributed by atoms with E-state index in [2.05, 4.69) is 16.9 Å². The highest BCUT2D eigenvalue weighted by Gasteiger charge is 2.24. The number of hydrogen-bond acceptors (Lipinski definition) is 5. The number of primary amides is 1. The van der Waals surface area contributed by atoms with Crippen molar-refractivity contribution in [1.82, 2.24) is 4.90 Å². The van der Waals surface area contributed by atoms with Crippen LogP contribution in [-0.2, 0) is 9.59 Å². The van der Waals surface area contributed by atoms with Crippen LogP contribution in [0.25, 0.3) is 0 Å². The number of carbonyl (C=O) groups is 2. The zero-order valence-electron chi connectivity index (χ0n) is 18.2. The zero-order valence-corrected chi connectivity index (χ0v) is 19.7. The number of nitrogen functional groups attached to an aromatic ring is 1. The predicted molar refractivity (Wildman–Crippen MR) is 132 cm³/mol. The summed E-state index contributed by atoms with van der Waals surface area (Å²) >= 11 is 10.9. The molecule has 2 aromatic carbocycles. The summed E-state index contributed by atoms with van der Waals surface area (Å²) in [7, 11) is 0. The summed E-state index contributed by atoms with van der Waals surface area (Å²) < 4.78 is 12.2. The van der Waals surface area contributed by atoms with Crippen molar-refractivity contribution in [3.8, 4) is 0 Å². The first-order chi connectivity index (χ1) is 15.6. The van der Waals surface area contributed by atoms with Gasteiger partial charge in [0.2, 0.25) is 11.8 Å². The van der Waals surface area contributed by atoms with Gasteiger partial charge in [-0.2, -0.15) is 0 Å². The number of hydrogen-bond donors (Lipinski definition) is 3. The average molecular weight is 494 g/mol. The largest absolute Gasteiger partial charge is 0.398 e. The fourth-order valence-corrected chi connectivity index (χ4v) is 3.46. The van der Waals surface area contributed by atoms with Gasteiger partial charge in [-0.25, -0.2) is 4.39 Å². The molecular formula is C23H26Cl2FN5O2. The molecule has 0 saturated carbocycles. The smallest absolute Gasteiger partial charge is 0.246 e. The Morgan fingerprint density at radius 2 is 2.00 bits per heavy atom. The molecule has 3 rings (SSSR count). The number of aliphatic imine (C=N–C) groups is 1. The molecule has 1 unspecified atom stereocenters. The van der Waals surface area contributed by atoms with Crippen LogP contribution in [0.3, 0.4) is 0 Å². The lowest BCUT2D eigenvalue weighted by atomic mass is 10.1. The van der Waals surface area contributed by atoms with Gasteiger partial charge in [-0.15, -0.1) is 0 Å². The molecule has 0 aromatic heterocycles. The normalized spacial score (nSPS) is 15.5. The van der Waals surface area contributed by atoms with Crippen LogP contribution < -0.4 is 16.8 Å². The summed E-state index contributed by atoms with van der Waals surface area (Å²) in [5.41, 5.74) is 14.1. The molecule has 7 nitrogen and oxygen atoms in total. The van der Waals surface area contributed by atoms with E-state index in [0.29, 0.717) is 23.0 Å². The van der Waals surface area contributed by atoms with Gasteiger partial charge in [0.05, 0.1) is 10.0 Å². The van der Waals surface area contributed by atoms with Gasteiger partial charge in [-0.1, -0.05) is 29.8 Å². The van der Waals surface area contributed by atoms with Crippen LogP contribution in [0.4, 0.5) is 15.8 Å². The van der Waals surface area contributed by atoms with Crippen LogP contribution in [0.1, 0.15) is 18.9 Å². The number of carbonyl (C=O) groups excluding carboxylic acids is 2. The molecular weight excluding hydrogens is 468 g/mol. The third-order valence-electron chi connectivity index (χ3n) is 4.84. The molecule has 1 atom stereocenters. The van der Waals surface area contributed by atoms with E-state index in [1.165, 1.54) is 24.3 Å². The first kappa shape index (κ1) is 26.2. The number of nitrogens with two attached hydrogens (primary N) is 2. The molecule has 10 heteroatoms. The molecule has 0 spiro atoms. The Morgan fingerprint density at radius 1 is 1.27 bits per heavy atom. The molecule has 1 heterocycles. The van der Waals surface area contributed by atoms with Gasteiger partial charge >= 0.3 is 0 Å².